The first-order valence-corrected chi connectivity index (χ1v) is 11.9. The van der Waals surface area contributed by atoms with Crippen molar-refractivity contribution in [1.82, 2.24) is 4.98 Å². The molecule has 1 saturated carbocycles. The zero-order valence-electron chi connectivity index (χ0n) is 18.7. The molecule has 1 aromatic heterocycles. The number of rotatable bonds is 6. The molecule has 180 valence electrons. The number of benzene rings is 1. The molecule has 0 bridgehead atoms. The van der Waals surface area contributed by atoms with Gasteiger partial charge in [0.25, 0.3) is 5.91 Å². The third-order valence-electron chi connectivity index (χ3n) is 6.61. The van der Waals surface area contributed by atoms with Crippen LogP contribution in [-0.2, 0) is 9.31 Å². The fourth-order valence-corrected chi connectivity index (χ4v) is 4.69. The molecular weight excluding hydrogens is 485 g/mol. The van der Waals surface area contributed by atoms with Crippen molar-refractivity contribution in [3.63, 3.8) is 0 Å². The van der Waals surface area contributed by atoms with E-state index in [9.17, 15) is 13.6 Å². The van der Waals surface area contributed by atoms with Crippen LogP contribution >= 0.6 is 20.8 Å². The normalized spacial score (nSPS) is 29.5. The number of aromatic nitrogens is 1. The monoisotopic (exact) mass is 509 g/mol. The van der Waals surface area contributed by atoms with Crippen LogP contribution in [0.1, 0.15) is 37.0 Å². The summed E-state index contributed by atoms with van der Waals surface area (Å²) in [7, 11) is 1.03. The Balaban J connectivity index is 1.37. The molecule has 2 saturated heterocycles. The lowest BCUT2D eigenvalue weighted by Gasteiger charge is -2.22. The van der Waals surface area contributed by atoms with Crippen molar-refractivity contribution in [3.8, 4) is 5.75 Å². The zero-order valence-corrected chi connectivity index (χ0v) is 20.6. The van der Waals surface area contributed by atoms with Gasteiger partial charge in [0.1, 0.15) is 17.7 Å². The standard InChI is InChI=1S/C22H24BClF2N3O4P/c1-20-12-21(20,2)33-23(32-20)17-9-13(10-27-18(17)29-8-7-14(25)11-29)19(30)28-15-3-5-16(6-4-15)31-22(24,26)34/h3-6,9-10,14H,7-8,11-12,34H2,1-2H3,(H,28,30)/t14-,20?,21?,22?/m1/s1. The molecule has 34 heavy (non-hydrogen) atoms. The highest BCUT2D eigenvalue weighted by molar-refractivity contribution is 7.21. The summed E-state index contributed by atoms with van der Waals surface area (Å²) >= 11 is 5.39. The van der Waals surface area contributed by atoms with E-state index in [1.165, 1.54) is 18.3 Å². The molecule has 7 nitrogen and oxygen atoms in total. The molecule has 4 unspecified atom stereocenters. The van der Waals surface area contributed by atoms with E-state index < -0.39 is 24.3 Å². The summed E-state index contributed by atoms with van der Waals surface area (Å²) in [6.07, 6.45) is 1.75. The number of fused-ring (bicyclic) bond motifs is 1. The van der Waals surface area contributed by atoms with Crippen LogP contribution in [0.2, 0.25) is 0 Å². The summed E-state index contributed by atoms with van der Waals surface area (Å²) in [5.74, 6) is 0.360. The smallest absolute Gasteiger partial charge is 0.442 e. The molecule has 5 atom stereocenters. The molecule has 1 aromatic carbocycles. The van der Waals surface area contributed by atoms with Gasteiger partial charge in [0, 0.05) is 30.3 Å². The molecule has 3 heterocycles. The topological polar surface area (TPSA) is 72.9 Å². The van der Waals surface area contributed by atoms with Crippen LogP contribution in [0.25, 0.3) is 0 Å². The van der Waals surface area contributed by atoms with Crippen molar-refractivity contribution in [3.05, 3.63) is 42.1 Å². The second-order valence-electron chi connectivity index (χ2n) is 9.32. The van der Waals surface area contributed by atoms with Crippen molar-refractivity contribution < 1.29 is 27.6 Å². The molecule has 3 fully saturated rings. The number of amides is 1. The van der Waals surface area contributed by atoms with Crippen molar-refractivity contribution in [2.75, 3.05) is 23.3 Å². The predicted octanol–water partition coefficient (Wildman–Crippen LogP) is 3.62. The molecular formula is C22H24BClF2N3O4P. The second kappa shape index (κ2) is 8.30. The Labute approximate surface area is 203 Å². The molecule has 0 radical (unpaired) electrons. The van der Waals surface area contributed by atoms with E-state index in [-0.39, 0.29) is 23.5 Å². The van der Waals surface area contributed by atoms with Crippen molar-refractivity contribution in [2.24, 2.45) is 0 Å². The molecule has 2 aromatic rings. The molecule has 1 amide bonds. The first-order chi connectivity index (χ1) is 15.9. The first kappa shape index (κ1) is 23.7. The summed E-state index contributed by atoms with van der Waals surface area (Å²) in [6.45, 7) is 4.75. The quantitative estimate of drug-likeness (QED) is 0.364. The molecule has 1 aliphatic carbocycles. The van der Waals surface area contributed by atoms with Gasteiger partial charge in [-0.05, 0) is 71.4 Å². The van der Waals surface area contributed by atoms with E-state index in [1.807, 2.05) is 18.7 Å². The minimum Gasteiger partial charge on any atom is -0.442 e. The molecule has 5 rings (SSSR count). The number of hydrogen-bond donors (Lipinski definition) is 1. The number of anilines is 2. The van der Waals surface area contributed by atoms with Crippen LogP contribution in [0.3, 0.4) is 0 Å². The Morgan fingerprint density at radius 3 is 2.62 bits per heavy atom. The Bertz CT molecular complexity index is 1110. The fraction of sp³-hybridized carbons (Fsp3) is 0.455. The van der Waals surface area contributed by atoms with E-state index >= 15 is 0 Å². The van der Waals surface area contributed by atoms with Crippen LogP contribution in [0.15, 0.2) is 36.5 Å². The second-order valence-corrected chi connectivity index (χ2v) is 10.9. The van der Waals surface area contributed by atoms with Gasteiger partial charge < -0.3 is 24.3 Å². The summed E-state index contributed by atoms with van der Waals surface area (Å²) in [6, 6.07) is 7.78. The molecule has 0 spiro atoms. The van der Waals surface area contributed by atoms with Gasteiger partial charge in [-0.2, -0.15) is 4.39 Å². The lowest BCUT2D eigenvalue weighted by molar-refractivity contribution is 0.102. The SMILES string of the molecule is CC12CC1(C)OB(c1cc(C(=O)Nc3ccc(OC(F)(P)Cl)cc3)cnc1N1CC[C@@H](F)C1)O2. The number of nitrogens with one attached hydrogen (secondary N) is 1. The maximum atomic E-state index is 13.9. The van der Waals surface area contributed by atoms with Crippen LogP contribution in [0.4, 0.5) is 20.3 Å². The predicted molar refractivity (Wildman–Crippen MR) is 129 cm³/mol. The highest BCUT2D eigenvalue weighted by Gasteiger charge is 2.71. The van der Waals surface area contributed by atoms with Gasteiger partial charge in [0.2, 0.25) is 0 Å². The van der Waals surface area contributed by atoms with Crippen LogP contribution in [-0.4, -0.2) is 53.5 Å². The zero-order chi connectivity index (χ0) is 24.3. The van der Waals surface area contributed by atoms with Crippen LogP contribution in [0.5, 0.6) is 5.75 Å². The van der Waals surface area contributed by atoms with Gasteiger partial charge in [-0.15, -0.1) is 0 Å². The van der Waals surface area contributed by atoms with E-state index in [4.69, 9.17) is 25.6 Å². The summed E-state index contributed by atoms with van der Waals surface area (Å²) in [5.41, 5.74) is 0.595. The highest BCUT2D eigenvalue weighted by atomic mass is 35.5. The number of carbonyl (C=O) groups excluding carboxylic acids is 1. The molecule has 3 aliphatic rings. The average Bonchev–Trinajstić information content (AvgIpc) is 3.03. The third kappa shape index (κ3) is 4.61. The third-order valence-corrected chi connectivity index (χ3v) is 6.81. The Morgan fingerprint density at radius 1 is 1.35 bits per heavy atom. The molecule has 12 heteroatoms. The van der Waals surface area contributed by atoms with E-state index in [2.05, 4.69) is 10.3 Å². The lowest BCUT2D eigenvalue weighted by atomic mass is 9.78. The van der Waals surface area contributed by atoms with Gasteiger partial charge in [-0.25, -0.2) is 9.37 Å². The number of hydrogen-bond acceptors (Lipinski definition) is 6. The van der Waals surface area contributed by atoms with E-state index in [1.54, 1.807) is 27.4 Å². The number of pyridine rings is 1. The first-order valence-electron chi connectivity index (χ1n) is 11.0. The highest BCUT2D eigenvalue weighted by Crippen LogP contribution is 2.58. The molecule has 2 aliphatic heterocycles. The van der Waals surface area contributed by atoms with Gasteiger partial charge >= 0.3 is 12.2 Å². The number of nitrogens with zero attached hydrogens (tertiary/aromatic N) is 2. The van der Waals surface area contributed by atoms with Crippen molar-refractivity contribution in [1.29, 1.82) is 0 Å². The summed E-state index contributed by atoms with van der Waals surface area (Å²) < 4.78 is 44.5. The minimum atomic E-state index is -2.41. The Kier molecular flexibility index (Phi) is 5.79. The Hall–Kier alpha value is -2.00. The van der Waals surface area contributed by atoms with E-state index in [0.29, 0.717) is 35.5 Å². The van der Waals surface area contributed by atoms with Gasteiger partial charge in [0.05, 0.1) is 23.3 Å². The van der Waals surface area contributed by atoms with Gasteiger partial charge in [-0.3, -0.25) is 4.79 Å². The number of alkyl halides is 3. The van der Waals surface area contributed by atoms with Crippen molar-refractivity contribution >= 4 is 50.8 Å². The maximum absolute atomic E-state index is 13.9. The fourth-order valence-electron chi connectivity index (χ4n) is 4.47. The van der Waals surface area contributed by atoms with Crippen LogP contribution in [0, 0.1) is 0 Å². The number of ether oxygens (including phenoxy) is 1. The summed E-state index contributed by atoms with van der Waals surface area (Å²) in [5, 5.41) is 0.361. The number of carbonyl (C=O) groups is 1. The molecule has 1 N–H and O–H groups in total. The van der Waals surface area contributed by atoms with Gasteiger partial charge in [0.15, 0.2) is 0 Å². The van der Waals surface area contributed by atoms with Crippen LogP contribution < -0.4 is 20.4 Å². The number of halogens is 3. The van der Waals surface area contributed by atoms with Gasteiger partial charge in [-0.1, -0.05) is 0 Å². The lowest BCUT2D eigenvalue weighted by Crippen LogP contribution is -2.41. The maximum Gasteiger partial charge on any atom is 0.498 e. The average molecular weight is 510 g/mol. The Morgan fingerprint density at radius 2 is 2.03 bits per heavy atom. The minimum absolute atomic E-state index is 0.201. The van der Waals surface area contributed by atoms with Crippen molar-refractivity contribution in [2.45, 2.75) is 49.1 Å². The largest absolute Gasteiger partial charge is 0.498 e. The van der Waals surface area contributed by atoms with E-state index in [0.717, 1.165) is 6.42 Å². The summed E-state index contributed by atoms with van der Waals surface area (Å²) in [4.78, 5) is 19.3.